The Morgan fingerprint density at radius 3 is 2.17 bits per heavy atom. The third-order valence-electron chi connectivity index (χ3n) is 9.97. The Hall–Kier alpha value is -3.58. The number of nitrogens with one attached hydrogen (secondary N) is 4. The van der Waals surface area contributed by atoms with E-state index in [1.54, 1.807) is 0 Å². The highest BCUT2D eigenvalue weighted by molar-refractivity contribution is 5.89. The summed E-state index contributed by atoms with van der Waals surface area (Å²) in [5.41, 5.74) is 9.26. The number of H-pyrrole nitrogens is 1. The Morgan fingerprint density at radius 2 is 1.57 bits per heavy atom. The molecular weight excluding hydrogens is 570 g/mol. The zero-order valence-corrected chi connectivity index (χ0v) is 29.1. The zero-order chi connectivity index (χ0) is 33.0. The highest BCUT2D eigenvalue weighted by Crippen LogP contribution is 2.42. The number of nitrogens with zero attached hydrogens (tertiary/aromatic N) is 1. The second-order valence-electron chi connectivity index (χ2n) is 14.8. The molecule has 3 heterocycles. The SMILES string of the molecule is Cc1cc(C)cc(-c2[nH]cc(CCC(C)(C)C(=O)N3C4CCC3CC4)c2[C@H](C)CNCCc2ccc(NC(=O)NC(C)C)cc2)c1. The first-order valence-electron chi connectivity index (χ1n) is 17.4. The Morgan fingerprint density at radius 1 is 0.935 bits per heavy atom. The molecule has 3 aromatic rings. The molecule has 2 saturated heterocycles. The van der Waals surface area contributed by atoms with Gasteiger partial charge in [-0.05, 0) is 132 Å². The van der Waals surface area contributed by atoms with Crippen LogP contribution in [0, 0.1) is 19.3 Å². The Labute approximate surface area is 276 Å². The lowest BCUT2D eigenvalue weighted by molar-refractivity contribution is -0.142. The number of aromatic nitrogens is 1. The molecule has 2 aliphatic heterocycles. The molecule has 3 amide bonds. The van der Waals surface area contributed by atoms with Crippen molar-refractivity contribution in [3.05, 3.63) is 76.5 Å². The summed E-state index contributed by atoms with van der Waals surface area (Å²) in [4.78, 5) is 31.7. The number of hydrogen-bond donors (Lipinski definition) is 4. The molecule has 2 aromatic carbocycles. The van der Waals surface area contributed by atoms with Crippen LogP contribution in [0.15, 0.2) is 48.7 Å². The van der Waals surface area contributed by atoms with Crippen LogP contribution in [0.1, 0.15) is 100 Å². The van der Waals surface area contributed by atoms with E-state index in [9.17, 15) is 9.59 Å². The summed E-state index contributed by atoms with van der Waals surface area (Å²) in [5.74, 6) is 0.637. The van der Waals surface area contributed by atoms with Crippen LogP contribution in [0.25, 0.3) is 11.3 Å². The smallest absolute Gasteiger partial charge is 0.319 e. The molecule has 1 atom stereocenters. The zero-order valence-electron chi connectivity index (χ0n) is 29.1. The van der Waals surface area contributed by atoms with Crippen LogP contribution in [0.3, 0.4) is 0 Å². The van der Waals surface area contributed by atoms with Gasteiger partial charge in [-0.25, -0.2) is 4.79 Å². The molecular formula is C39H55N5O2. The molecule has 0 radical (unpaired) electrons. The van der Waals surface area contributed by atoms with E-state index in [4.69, 9.17) is 0 Å². The fourth-order valence-corrected chi connectivity index (χ4v) is 7.59. The van der Waals surface area contributed by atoms with Gasteiger partial charge in [-0.2, -0.15) is 0 Å². The van der Waals surface area contributed by atoms with E-state index in [0.717, 1.165) is 38.0 Å². The maximum atomic E-state index is 13.8. The Bertz CT molecular complexity index is 1460. The summed E-state index contributed by atoms with van der Waals surface area (Å²) < 4.78 is 0. The normalized spacial score (nSPS) is 18.3. The number of urea groups is 1. The van der Waals surface area contributed by atoms with Gasteiger partial charge in [-0.1, -0.05) is 50.1 Å². The third-order valence-corrected chi connectivity index (χ3v) is 9.97. The number of fused-ring (bicyclic) bond motifs is 2. The standard InChI is InChI=1S/C39H55N5O2/c1-25(2)42-38(46)43-32-10-8-29(9-11-32)17-19-40-23-28(5)35-30(24-41-36(35)31-21-26(3)20-27(4)22-31)16-18-39(6,7)37(45)44-33-12-13-34(44)15-14-33/h8-11,20-22,24-25,28,33-34,40-41H,12-19,23H2,1-7H3,(H2,42,43,46)/t28-,33?,34?/m1/s1. The maximum absolute atomic E-state index is 13.8. The van der Waals surface area contributed by atoms with E-state index in [1.807, 2.05) is 26.0 Å². The molecule has 2 aliphatic rings. The summed E-state index contributed by atoms with van der Waals surface area (Å²) in [7, 11) is 0. The minimum atomic E-state index is -0.384. The van der Waals surface area contributed by atoms with Crippen molar-refractivity contribution in [2.75, 3.05) is 18.4 Å². The number of aromatic amines is 1. The second-order valence-corrected chi connectivity index (χ2v) is 14.8. The van der Waals surface area contributed by atoms with E-state index in [2.05, 4.69) is 97.0 Å². The molecule has 7 nitrogen and oxygen atoms in total. The van der Waals surface area contributed by atoms with Gasteiger partial charge in [0.05, 0.1) is 0 Å². The molecule has 4 N–H and O–H groups in total. The Balaban J connectivity index is 1.24. The number of carbonyl (C=O) groups is 2. The van der Waals surface area contributed by atoms with Gasteiger partial charge >= 0.3 is 6.03 Å². The number of benzene rings is 2. The third kappa shape index (κ3) is 8.03. The van der Waals surface area contributed by atoms with Gasteiger partial charge in [-0.3, -0.25) is 4.79 Å². The topological polar surface area (TPSA) is 89.3 Å². The van der Waals surface area contributed by atoms with Crippen molar-refractivity contribution in [1.29, 1.82) is 0 Å². The first kappa shape index (κ1) is 33.8. The Kier molecular flexibility index (Phi) is 10.6. The number of rotatable bonds is 13. The lowest BCUT2D eigenvalue weighted by Gasteiger charge is -2.32. The first-order chi connectivity index (χ1) is 21.9. The van der Waals surface area contributed by atoms with Crippen molar-refractivity contribution >= 4 is 17.6 Å². The van der Waals surface area contributed by atoms with Crippen LogP contribution in [0.2, 0.25) is 0 Å². The predicted molar refractivity (Wildman–Crippen MR) is 189 cm³/mol. The van der Waals surface area contributed by atoms with Crippen molar-refractivity contribution < 1.29 is 9.59 Å². The van der Waals surface area contributed by atoms with Gasteiger partial charge in [0.15, 0.2) is 0 Å². The molecule has 248 valence electrons. The van der Waals surface area contributed by atoms with Gasteiger partial charge in [-0.15, -0.1) is 0 Å². The molecule has 7 heteroatoms. The maximum Gasteiger partial charge on any atom is 0.319 e. The highest BCUT2D eigenvalue weighted by atomic mass is 16.2. The van der Waals surface area contributed by atoms with Crippen LogP contribution in [-0.4, -0.2) is 53.0 Å². The number of hydrogen-bond acceptors (Lipinski definition) is 3. The molecule has 0 saturated carbocycles. The second kappa shape index (κ2) is 14.5. The summed E-state index contributed by atoms with van der Waals surface area (Å²) in [6.45, 7) is 16.5. The van der Waals surface area contributed by atoms with Crippen LogP contribution in [0.5, 0.6) is 0 Å². The number of amides is 3. The number of carbonyl (C=O) groups excluding carboxylic acids is 2. The average Bonchev–Trinajstić information content (AvgIpc) is 3.72. The van der Waals surface area contributed by atoms with Crippen LogP contribution < -0.4 is 16.0 Å². The summed E-state index contributed by atoms with van der Waals surface area (Å²) >= 11 is 0. The van der Waals surface area contributed by atoms with Gasteiger partial charge in [0.2, 0.25) is 5.91 Å². The van der Waals surface area contributed by atoms with E-state index >= 15 is 0 Å². The monoisotopic (exact) mass is 625 g/mol. The van der Waals surface area contributed by atoms with E-state index in [-0.39, 0.29) is 23.4 Å². The molecule has 0 spiro atoms. The van der Waals surface area contributed by atoms with Gasteiger partial charge in [0, 0.05) is 47.7 Å². The van der Waals surface area contributed by atoms with Crippen molar-refractivity contribution in [3.8, 4) is 11.3 Å². The molecule has 46 heavy (non-hydrogen) atoms. The summed E-state index contributed by atoms with van der Waals surface area (Å²) in [6.07, 6.45) is 9.52. The van der Waals surface area contributed by atoms with Crippen molar-refractivity contribution in [2.24, 2.45) is 5.41 Å². The minimum Gasteiger partial charge on any atom is -0.361 e. The molecule has 5 rings (SSSR count). The summed E-state index contributed by atoms with van der Waals surface area (Å²) in [6, 6.07) is 15.7. The fraction of sp³-hybridized carbons (Fsp3) is 0.538. The van der Waals surface area contributed by atoms with E-state index in [0.29, 0.717) is 18.0 Å². The van der Waals surface area contributed by atoms with E-state index in [1.165, 1.54) is 64.8 Å². The lowest BCUT2D eigenvalue weighted by atomic mass is 9.83. The molecule has 1 aromatic heterocycles. The number of aryl methyl sites for hydroxylation is 3. The fourth-order valence-electron chi connectivity index (χ4n) is 7.59. The minimum absolute atomic E-state index is 0.0954. The quantitative estimate of drug-likeness (QED) is 0.146. The molecule has 0 aliphatic carbocycles. The van der Waals surface area contributed by atoms with Gasteiger partial charge in [0.25, 0.3) is 0 Å². The van der Waals surface area contributed by atoms with Crippen molar-refractivity contribution in [2.45, 2.75) is 117 Å². The van der Waals surface area contributed by atoms with Crippen LogP contribution in [-0.2, 0) is 17.6 Å². The van der Waals surface area contributed by atoms with Gasteiger partial charge < -0.3 is 25.8 Å². The molecule has 2 fully saturated rings. The predicted octanol–water partition coefficient (Wildman–Crippen LogP) is 7.88. The first-order valence-corrected chi connectivity index (χ1v) is 17.4. The molecule has 2 bridgehead atoms. The van der Waals surface area contributed by atoms with Gasteiger partial charge in [0.1, 0.15) is 0 Å². The van der Waals surface area contributed by atoms with Crippen LogP contribution >= 0.6 is 0 Å². The average molecular weight is 626 g/mol. The van der Waals surface area contributed by atoms with Crippen LogP contribution in [0.4, 0.5) is 10.5 Å². The largest absolute Gasteiger partial charge is 0.361 e. The van der Waals surface area contributed by atoms with E-state index < -0.39 is 0 Å². The van der Waals surface area contributed by atoms with Crippen molar-refractivity contribution in [3.63, 3.8) is 0 Å². The highest BCUT2D eigenvalue weighted by Gasteiger charge is 2.46. The lowest BCUT2D eigenvalue weighted by Crippen LogP contribution is -2.43. The van der Waals surface area contributed by atoms with Crippen molar-refractivity contribution in [1.82, 2.24) is 20.5 Å². The number of anilines is 1. The summed E-state index contributed by atoms with van der Waals surface area (Å²) in [5, 5.41) is 9.45. The molecule has 0 unspecified atom stereocenters.